The Morgan fingerprint density at radius 2 is 2.31 bits per heavy atom. The average molecular weight is 248 g/mol. The molecule has 0 aliphatic carbocycles. The van der Waals surface area contributed by atoms with Crippen LogP contribution >= 0.6 is 15.9 Å². The van der Waals surface area contributed by atoms with Crippen LogP contribution < -0.4 is 0 Å². The van der Waals surface area contributed by atoms with Crippen molar-refractivity contribution >= 4 is 28.1 Å². The number of halogens is 1. The molecule has 13 heavy (non-hydrogen) atoms. The van der Waals surface area contributed by atoms with Crippen LogP contribution in [0, 0.1) is 0 Å². The first-order valence-electron chi connectivity index (χ1n) is 3.66. The number of hydrogen-bond acceptors (Lipinski definition) is 4. The number of methoxy groups -OCH3 is 2. The van der Waals surface area contributed by atoms with E-state index in [-0.39, 0.29) is 0 Å². The van der Waals surface area contributed by atoms with E-state index in [1.54, 1.807) is 18.4 Å². The summed E-state index contributed by atoms with van der Waals surface area (Å²) in [7, 11) is 2.76. The molecule has 0 N–H and O–H groups in total. The molecule has 0 saturated heterocycles. The fraction of sp³-hybridized carbons (Fsp3) is 0.500. The Morgan fingerprint density at radius 3 is 2.77 bits per heavy atom. The SMILES string of the molecule is COC(=O)C1(OC)C=CC=NC1Br. The minimum atomic E-state index is -1.14. The van der Waals surface area contributed by atoms with Crippen molar-refractivity contribution in [3.8, 4) is 0 Å². The van der Waals surface area contributed by atoms with Crippen molar-refractivity contribution < 1.29 is 14.3 Å². The number of allylic oxidation sites excluding steroid dienone is 1. The number of carbonyl (C=O) groups excluding carboxylic acids is 1. The van der Waals surface area contributed by atoms with E-state index >= 15 is 0 Å². The van der Waals surface area contributed by atoms with E-state index in [0.29, 0.717) is 0 Å². The first-order valence-corrected chi connectivity index (χ1v) is 4.57. The Balaban J connectivity index is 2.98. The van der Waals surface area contributed by atoms with Crippen molar-refractivity contribution in [2.45, 2.75) is 10.6 Å². The van der Waals surface area contributed by atoms with Crippen LogP contribution in [0.2, 0.25) is 0 Å². The van der Waals surface area contributed by atoms with Crippen LogP contribution in [-0.4, -0.2) is 37.0 Å². The Hall–Kier alpha value is -0.680. The third-order valence-corrected chi connectivity index (χ3v) is 2.76. The number of carbonyl (C=O) groups is 1. The van der Waals surface area contributed by atoms with Gasteiger partial charge in [0.05, 0.1) is 7.11 Å². The number of ether oxygens (including phenoxy) is 2. The summed E-state index contributed by atoms with van der Waals surface area (Å²) in [5.74, 6) is -0.468. The second kappa shape index (κ2) is 4.02. The molecule has 72 valence electrons. The van der Waals surface area contributed by atoms with Gasteiger partial charge in [-0.2, -0.15) is 0 Å². The molecule has 0 aromatic carbocycles. The van der Waals surface area contributed by atoms with E-state index in [2.05, 4.69) is 25.7 Å². The molecule has 0 radical (unpaired) electrons. The Bertz CT molecular complexity index is 264. The largest absolute Gasteiger partial charge is 0.467 e. The van der Waals surface area contributed by atoms with Crippen LogP contribution in [0.4, 0.5) is 0 Å². The van der Waals surface area contributed by atoms with Gasteiger partial charge in [-0.3, -0.25) is 4.99 Å². The van der Waals surface area contributed by atoms with Gasteiger partial charge in [-0.05, 0) is 12.2 Å². The first kappa shape index (κ1) is 10.4. The van der Waals surface area contributed by atoms with Crippen LogP contribution in [0.5, 0.6) is 0 Å². The maximum Gasteiger partial charge on any atom is 0.345 e. The highest BCUT2D eigenvalue weighted by molar-refractivity contribution is 9.09. The zero-order valence-electron chi connectivity index (χ0n) is 7.36. The number of nitrogens with zero attached hydrogens (tertiary/aromatic N) is 1. The van der Waals surface area contributed by atoms with Crippen LogP contribution in [0.25, 0.3) is 0 Å². The molecule has 0 amide bonds. The molecule has 0 spiro atoms. The van der Waals surface area contributed by atoms with Gasteiger partial charge in [0.15, 0.2) is 0 Å². The van der Waals surface area contributed by atoms with Crippen molar-refractivity contribution in [1.29, 1.82) is 0 Å². The number of hydrogen-bond donors (Lipinski definition) is 0. The highest BCUT2D eigenvalue weighted by Gasteiger charge is 2.45. The minimum Gasteiger partial charge on any atom is -0.467 e. The summed E-state index contributed by atoms with van der Waals surface area (Å²) in [5.41, 5.74) is -1.14. The van der Waals surface area contributed by atoms with Crippen molar-refractivity contribution in [2.24, 2.45) is 4.99 Å². The van der Waals surface area contributed by atoms with E-state index < -0.39 is 16.5 Å². The molecule has 2 atom stereocenters. The van der Waals surface area contributed by atoms with Crippen molar-refractivity contribution in [3.63, 3.8) is 0 Å². The van der Waals surface area contributed by atoms with Crippen LogP contribution in [0.3, 0.4) is 0 Å². The highest BCUT2D eigenvalue weighted by atomic mass is 79.9. The summed E-state index contributed by atoms with van der Waals surface area (Å²) in [6.45, 7) is 0. The molecule has 1 aliphatic rings. The molecule has 0 fully saturated rings. The lowest BCUT2D eigenvalue weighted by molar-refractivity contribution is -0.159. The van der Waals surface area contributed by atoms with E-state index in [0.717, 1.165) is 0 Å². The van der Waals surface area contributed by atoms with Gasteiger partial charge in [0.1, 0.15) is 4.95 Å². The number of aliphatic imine (C=N–C) groups is 1. The zero-order valence-corrected chi connectivity index (χ0v) is 8.95. The number of rotatable bonds is 2. The Labute approximate surface area is 84.7 Å². The van der Waals surface area contributed by atoms with Crippen LogP contribution in [0.1, 0.15) is 0 Å². The van der Waals surface area contributed by atoms with E-state index in [1.807, 2.05) is 0 Å². The molecule has 0 aromatic rings. The molecule has 5 heteroatoms. The number of alkyl halides is 1. The molecule has 2 unspecified atom stereocenters. The summed E-state index contributed by atoms with van der Waals surface area (Å²) < 4.78 is 9.76. The smallest absolute Gasteiger partial charge is 0.345 e. The second-order valence-corrected chi connectivity index (χ2v) is 3.35. The number of esters is 1. The topological polar surface area (TPSA) is 47.9 Å². The maximum absolute atomic E-state index is 11.4. The Morgan fingerprint density at radius 1 is 1.62 bits per heavy atom. The summed E-state index contributed by atoms with van der Waals surface area (Å²) in [5, 5.41) is 0. The van der Waals surface area contributed by atoms with Gasteiger partial charge in [-0.15, -0.1) is 0 Å². The normalized spacial score (nSPS) is 31.8. The van der Waals surface area contributed by atoms with Crippen molar-refractivity contribution in [1.82, 2.24) is 0 Å². The molecule has 1 aliphatic heterocycles. The van der Waals surface area contributed by atoms with Crippen molar-refractivity contribution in [2.75, 3.05) is 14.2 Å². The van der Waals surface area contributed by atoms with Crippen molar-refractivity contribution in [3.05, 3.63) is 12.2 Å². The fourth-order valence-electron chi connectivity index (χ4n) is 1.07. The monoisotopic (exact) mass is 247 g/mol. The lowest BCUT2D eigenvalue weighted by Gasteiger charge is -2.30. The summed E-state index contributed by atoms with van der Waals surface area (Å²) in [6, 6.07) is 0. The summed E-state index contributed by atoms with van der Waals surface area (Å²) in [6.07, 6.45) is 4.86. The van der Waals surface area contributed by atoms with Gasteiger partial charge in [-0.1, -0.05) is 15.9 Å². The van der Waals surface area contributed by atoms with E-state index in [1.165, 1.54) is 14.2 Å². The van der Waals surface area contributed by atoms with Crippen LogP contribution in [-0.2, 0) is 14.3 Å². The van der Waals surface area contributed by atoms with E-state index in [9.17, 15) is 4.79 Å². The van der Waals surface area contributed by atoms with Gasteiger partial charge >= 0.3 is 5.97 Å². The molecular weight excluding hydrogens is 238 g/mol. The van der Waals surface area contributed by atoms with Gasteiger partial charge in [-0.25, -0.2) is 4.79 Å². The predicted molar refractivity (Wildman–Crippen MR) is 52.1 cm³/mol. The fourth-order valence-corrected chi connectivity index (χ4v) is 1.74. The Kier molecular flexibility index (Phi) is 3.22. The highest BCUT2D eigenvalue weighted by Crippen LogP contribution is 2.28. The first-order chi connectivity index (χ1) is 6.17. The van der Waals surface area contributed by atoms with E-state index in [4.69, 9.17) is 4.74 Å². The zero-order chi connectivity index (χ0) is 9.90. The molecular formula is C8H10BrNO3. The van der Waals surface area contributed by atoms with Gasteiger partial charge in [0.2, 0.25) is 5.60 Å². The predicted octanol–water partition coefficient (Wildman–Crippen LogP) is 0.906. The third-order valence-electron chi connectivity index (χ3n) is 1.84. The summed E-state index contributed by atoms with van der Waals surface area (Å²) in [4.78, 5) is 15.0. The molecule has 0 bridgehead atoms. The minimum absolute atomic E-state index is 0.442. The lowest BCUT2D eigenvalue weighted by Crippen LogP contribution is -2.48. The molecule has 0 saturated carbocycles. The molecule has 4 nitrogen and oxygen atoms in total. The second-order valence-electron chi connectivity index (χ2n) is 2.48. The standard InChI is InChI=1S/C8H10BrNO3/c1-12-7(11)8(13-2)4-3-5-10-6(8)9/h3-6H,1-2H3. The lowest BCUT2D eigenvalue weighted by atomic mass is 10.0. The van der Waals surface area contributed by atoms with Gasteiger partial charge < -0.3 is 9.47 Å². The quantitative estimate of drug-likeness (QED) is 0.414. The molecule has 0 aromatic heterocycles. The molecule has 1 heterocycles. The third kappa shape index (κ3) is 1.66. The maximum atomic E-state index is 11.4. The van der Waals surface area contributed by atoms with Crippen LogP contribution in [0.15, 0.2) is 17.1 Å². The average Bonchev–Trinajstić information content (AvgIpc) is 2.18. The summed E-state index contributed by atoms with van der Waals surface area (Å²) >= 11 is 3.24. The molecule has 1 rings (SSSR count). The van der Waals surface area contributed by atoms with Gasteiger partial charge in [0, 0.05) is 13.3 Å². The number of dihydropyridines is 1. The van der Waals surface area contributed by atoms with Gasteiger partial charge in [0.25, 0.3) is 0 Å².